The molecule has 0 N–H and O–H groups in total. The lowest BCUT2D eigenvalue weighted by atomic mass is 9.74. The van der Waals surface area contributed by atoms with Crippen LogP contribution in [0, 0.1) is 34.5 Å². The zero-order valence-electron chi connectivity index (χ0n) is 16.1. The largest absolute Gasteiger partial charge is 0.292 e. The van der Waals surface area contributed by atoms with Gasteiger partial charge in [-0.1, -0.05) is 38.0 Å². The first-order valence-corrected chi connectivity index (χ1v) is 9.92. The molecular formula is C24H27N3. The van der Waals surface area contributed by atoms with Crippen LogP contribution < -0.4 is 0 Å². The van der Waals surface area contributed by atoms with Gasteiger partial charge in [0.25, 0.3) is 0 Å². The van der Waals surface area contributed by atoms with E-state index in [4.69, 9.17) is 0 Å². The number of dihydropyridines is 1. The lowest BCUT2D eigenvalue weighted by Crippen LogP contribution is -2.17. The number of nitriles is 2. The van der Waals surface area contributed by atoms with E-state index in [9.17, 15) is 10.5 Å². The summed E-state index contributed by atoms with van der Waals surface area (Å²) in [7, 11) is 0. The van der Waals surface area contributed by atoms with Crippen LogP contribution in [0.2, 0.25) is 0 Å². The van der Waals surface area contributed by atoms with Crippen molar-refractivity contribution in [3.63, 3.8) is 0 Å². The van der Waals surface area contributed by atoms with Crippen molar-refractivity contribution in [1.29, 1.82) is 10.5 Å². The number of aliphatic imine (C=N–C) groups is 1. The van der Waals surface area contributed by atoms with Crippen molar-refractivity contribution in [1.82, 2.24) is 0 Å². The smallest absolute Gasteiger partial charge is 0.0991 e. The van der Waals surface area contributed by atoms with Crippen LogP contribution in [0.3, 0.4) is 0 Å². The predicted octanol–water partition coefficient (Wildman–Crippen LogP) is 5.80. The molecule has 27 heavy (non-hydrogen) atoms. The lowest BCUT2D eigenvalue weighted by Gasteiger charge is -2.31. The molecule has 0 bridgehead atoms. The second-order valence-electron chi connectivity index (χ2n) is 7.98. The molecule has 3 heteroatoms. The van der Waals surface area contributed by atoms with Gasteiger partial charge in [0.05, 0.1) is 23.3 Å². The van der Waals surface area contributed by atoms with Crippen molar-refractivity contribution in [2.75, 3.05) is 6.54 Å². The summed E-state index contributed by atoms with van der Waals surface area (Å²) in [6.45, 7) is 6.91. The molecule has 1 aromatic rings. The van der Waals surface area contributed by atoms with Crippen LogP contribution in [0.15, 0.2) is 41.4 Å². The van der Waals surface area contributed by atoms with E-state index in [1.54, 1.807) is 6.07 Å². The molecule has 2 atom stereocenters. The minimum absolute atomic E-state index is 0.364. The van der Waals surface area contributed by atoms with Gasteiger partial charge in [0.15, 0.2) is 0 Å². The average molecular weight is 358 g/mol. The molecule has 0 saturated heterocycles. The first kappa shape index (κ1) is 19.1. The quantitative estimate of drug-likeness (QED) is 0.579. The van der Waals surface area contributed by atoms with Gasteiger partial charge < -0.3 is 0 Å². The minimum Gasteiger partial charge on any atom is -0.292 e. The summed E-state index contributed by atoms with van der Waals surface area (Å²) in [5.74, 6) is 1.62. The van der Waals surface area contributed by atoms with Gasteiger partial charge in [-0.15, -0.1) is 0 Å². The fourth-order valence-corrected chi connectivity index (χ4v) is 4.23. The molecule has 3 nitrogen and oxygen atoms in total. The van der Waals surface area contributed by atoms with Gasteiger partial charge >= 0.3 is 0 Å². The highest BCUT2D eigenvalue weighted by Gasteiger charge is 2.26. The van der Waals surface area contributed by atoms with Crippen molar-refractivity contribution in [3.05, 3.63) is 53.1 Å². The number of allylic oxidation sites excluding steroid dienone is 2. The number of nitrogens with zero attached hydrogens (tertiary/aromatic N) is 3. The Morgan fingerprint density at radius 3 is 2.78 bits per heavy atom. The van der Waals surface area contributed by atoms with Crippen molar-refractivity contribution < 1.29 is 0 Å². The predicted molar refractivity (Wildman–Crippen MR) is 110 cm³/mol. The molecule has 1 aliphatic heterocycles. The van der Waals surface area contributed by atoms with E-state index in [0.717, 1.165) is 42.9 Å². The van der Waals surface area contributed by atoms with Gasteiger partial charge in [0, 0.05) is 12.8 Å². The second-order valence-corrected chi connectivity index (χ2v) is 7.98. The summed E-state index contributed by atoms with van der Waals surface area (Å²) in [6.07, 6.45) is 11.5. The number of hydrogen-bond acceptors (Lipinski definition) is 3. The molecule has 2 unspecified atom stereocenters. The first-order valence-electron chi connectivity index (χ1n) is 9.92. The Labute approximate surface area is 162 Å². The highest BCUT2D eigenvalue weighted by molar-refractivity contribution is 5.78. The van der Waals surface area contributed by atoms with Gasteiger partial charge in [-0.05, 0) is 72.8 Å². The second kappa shape index (κ2) is 8.83. The van der Waals surface area contributed by atoms with Crippen LogP contribution in [0.5, 0.6) is 0 Å². The molecule has 0 aromatic heterocycles. The minimum atomic E-state index is 0.364. The zero-order valence-corrected chi connectivity index (χ0v) is 16.1. The maximum atomic E-state index is 9.38. The van der Waals surface area contributed by atoms with Gasteiger partial charge in [0.2, 0.25) is 0 Å². The molecule has 0 spiro atoms. The summed E-state index contributed by atoms with van der Waals surface area (Å²) in [6, 6.07) is 10.1. The van der Waals surface area contributed by atoms with E-state index in [1.165, 1.54) is 24.8 Å². The van der Waals surface area contributed by atoms with Crippen LogP contribution in [0.4, 0.5) is 0 Å². The molecule has 1 fully saturated rings. The number of hydrogen-bond donors (Lipinski definition) is 0. The van der Waals surface area contributed by atoms with E-state index in [-0.39, 0.29) is 0 Å². The maximum Gasteiger partial charge on any atom is 0.0991 e. The van der Waals surface area contributed by atoms with Gasteiger partial charge in [-0.2, -0.15) is 10.5 Å². The van der Waals surface area contributed by atoms with Crippen LogP contribution >= 0.6 is 0 Å². The van der Waals surface area contributed by atoms with Crippen molar-refractivity contribution in [2.45, 2.75) is 51.4 Å². The molecule has 2 aliphatic rings. The monoisotopic (exact) mass is 357 g/mol. The molecule has 1 heterocycles. The molecule has 1 aliphatic carbocycles. The topological polar surface area (TPSA) is 59.9 Å². The first-order chi connectivity index (χ1) is 13.1. The average Bonchev–Trinajstić information content (AvgIpc) is 2.65. The summed E-state index contributed by atoms with van der Waals surface area (Å²) in [5.41, 5.74) is 4.44. The third-order valence-electron chi connectivity index (χ3n) is 5.94. The molecule has 3 rings (SSSR count). The Morgan fingerprint density at radius 1 is 1.33 bits per heavy atom. The summed E-state index contributed by atoms with van der Waals surface area (Å²) in [5, 5.41) is 18.8. The fraction of sp³-hybridized carbons (Fsp3) is 0.458. The van der Waals surface area contributed by atoms with Crippen LogP contribution in [-0.4, -0.2) is 12.8 Å². The van der Waals surface area contributed by atoms with E-state index in [2.05, 4.69) is 36.7 Å². The van der Waals surface area contributed by atoms with Crippen LogP contribution in [0.1, 0.15) is 68.1 Å². The third-order valence-corrected chi connectivity index (χ3v) is 5.94. The van der Waals surface area contributed by atoms with Crippen molar-refractivity contribution in [2.24, 2.45) is 16.8 Å². The summed E-state index contributed by atoms with van der Waals surface area (Å²) in [4.78, 5) is 4.47. The van der Waals surface area contributed by atoms with E-state index < -0.39 is 0 Å². The Bertz CT molecular complexity index is 843. The van der Waals surface area contributed by atoms with Gasteiger partial charge in [0.1, 0.15) is 0 Å². The van der Waals surface area contributed by atoms with E-state index >= 15 is 0 Å². The highest BCUT2D eigenvalue weighted by Crippen LogP contribution is 2.41. The lowest BCUT2D eigenvalue weighted by molar-refractivity contribution is 0.267. The fourth-order valence-electron chi connectivity index (χ4n) is 4.23. The number of rotatable bonds is 7. The Hall–Kier alpha value is -2.65. The van der Waals surface area contributed by atoms with Crippen molar-refractivity contribution in [3.8, 4) is 12.1 Å². The standard InChI is InChI=1S/C24H27N3/c1-17-10-21(16-27-15-17)6-8-22(11-19-4-3-5-19)24-12-20(14-26)7-9-23(24)18(2)13-25/h7,9-10,12,15,19,21-22H,2-6,8,11,16H2,1H3. The van der Waals surface area contributed by atoms with E-state index in [1.807, 2.05) is 18.3 Å². The molecule has 0 radical (unpaired) electrons. The molecular weight excluding hydrogens is 330 g/mol. The Kier molecular flexibility index (Phi) is 6.25. The maximum absolute atomic E-state index is 9.38. The molecule has 1 aromatic carbocycles. The van der Waals surface area contributed by atoms with Crippen molar-refractivity contribution >= 4 is 11.8 Å². The summed E-state index contributed by atoms with van der Waals surface area (Å²) >= 11 is 0. The molecule has 1 saturated carbocycles. The molecule has 0 amide bonds. The highest BCUT2D eigenvalue weighted by atomic mass is 14.7. The Balaban J connectivity index is 1.85. The zero-order chi connectivity index (χ0) is 19.2. The van der Waals surface area contributed by atoms with E-state index in [0.29, 0.717) is 23.0 Å². The van der Waals surface area contributed by atoms with Gasteiger partial charge in [-0.3, -0.25) is 4.99 Å². The molecule has 138 valence electrons. The SMILES string of the molecule is C=C(C#N)c1ccc(C#N)cc1C(CCC1C=C(C)C=NC1)CC1CCC1. The summed E-state index contributed by atoms with van der Waals surface area (Å²) < 4.78 is 0. The third kappa shape index (κ3) is 4.75. The van der Waals surface area contributed by atoms with Crippen LogP contribution in [0.25, 0.3) is 5.57 Å². The Morgan fingerprint density at radius 2 is 2.15 bits per heavy atom. The van der Waals surface area contributed by atoms with Gasteiger partial charge in [-0.25, -0.2) is 0 Å². The van der Waals surface area contributed by atoms with Crippen LogP contribution in [-0.2, 0) is 0 Å². The number of benzene rings is 1. The normalized spacial score (nSPS) is 20.1.